The van der Waals surface area contributed by atoms with Gasteiger partial charge in [-0.15, -0.1) is 0 Å². The second-order valence-electron chi connectivity index (χ2n) is 7.77. The topological polar surface area (TPSA) is 87.6 Å². The van der Waals surface area contributed by atoms with Crippen molar-refractivity contribution in [2.75, 3.05) is 25.1 Å². The third-order valence-corrected chi connectivity index (χ3v) is 10.0. The van der Waals surface area contributed by atoms with Crippen molar-refractivity contribution in [1.82, 2.24) is 15.4 Å². The number of carbonyl (C=O) groups excluding carboxylic acids is 1. The van der Waals surface area contributed by atoms with Gasteiger partial charge in [-0.25, -0.2) is 0 Å². The fourth-order valence-corrected chi connectivity index (χ4v) is 8.04. The van der Waals surface area contributed by atoms with Gasteiger partial charge in [-0.3, -0.25) is 0 Å². The van der Waals surface area contributed by atoms with Crippen molar-refractivity contribution in [3.8, 4) is 5.75 Å². The van der Waals surface area contributed by atoms with E-state index < -0.39 is 5.91 Å². The first kappa shape index (κ1) is 20.2. The Labute approximate surface area is 177 Å². The predicted octanol–water partition coefficient (Wildman–Crippen LogP) is 2.65. The van der Waals surface area contributed by atoms with Gasteiger partial charge < -0.3 is 0 Å². The Balaban J connectivity index is 1.20. The van der Waals surface area contributed by atoms with Crippen LogP contribution in [0.15, 0.2) is 36.7 Å². The number of hydrogen-bond acceptors (Lipinski definition) is 6. The van der Waals surface area contributed by atoms with Crippen LogP contribution in [0, 0.1) is 5.92 Å². The van der Waals surface area contributed by atoms with Crippen LogP contribution in [0.4, 0.5) is 5.95 Å². The van der Waals surface area contributed by atoms with Crippen LogP contribution in [0.3, 0.4) is 0 Å². The molecule has 1 aromatic heterocycles. The number of hydroxylamine groups is 1. The number of ether oxygens (including phenoxy) is 1. The molecule has 1 saturated carbocycles. The van der Waals surface area contributed by atoms with Crippen molar-refractivity contribution >= 4 is 27.6 Å². The summed E-state index contributed by atoms with van der Waals surface area (Å²) in [6.07, 6.45) is 6.65. The van der Waals surface area contributed by atoms with E-state index in [1.54, 1.807) is 12.6 Å². The molecule has 7 nitrogen and oxygen atoms in total. The second kappa shape index (κ2) is 9.14. The number of amides is 1. The van der Waals surface area contributed by atoms with E-state index in [4.69, 9.17) is 9.94 Å². The molecule has 2 aliphatic rings. The molecule has 1 amide bonds. The number of rotatable bonds is 7. The average molecular weight is 458 g/mol. The number of benzene rings is 1. The number of nitrogens with one attached hydrogen (secondary N) is 1. The van der Waals surface area contributed by atoms with Crippen LogP contribution < -0.4 is 15.1 Å². The molecular weight excluding hydrogens is 431 g/mol. The Morgan fingerprint density at radius 2 is 1.93 bits per heavy atom. The molecule has 2 N–H and O–H groups in total. The molecule has 1 aliphatic heterocycles. The van der Waals surface area contributed by atoms with Gasteiger partial charge in [0.1, 0.15) is 0 Å². The Bertz CT molecular complexity index is 823. The fraction of sp³-hybridized carbons (Fsp3) is 0.476. The molecule has 3 unspecified atom stereocenters. The van der Waals surface area contributed by atoms with Gasteiger partial charge in [0.25, 0.3) is 0 Å². The Morgan fingerprint density at radius 1 is 1.24 bits per heavy atom. The van der Waals surface area contributed by atoms with Crippen molar-refractivity contribution in [1.29, 1.82) is 0 Å². The summed E-state index contributed by atoms with van der Waals surface area (Å²) in [5.74, 6) is 2.61. The Morgan fingerprint density at radius 3 is 2.55 bits per heavy atom. The maximum atomic E-state index is 11.4. The van der Waals surface area contributed by atoms with E-state index >= 15 is 0 Å². The molecule has 3 atom stereocenters. The molecular formula is C21H27AsN4O3. The summed E-state index contributed by atoms with van der Waals surface area (Å²) in [7, 11) is 1.71. The van der Waals surface area contributed by atoms with Crippen molar-refractivity contribution in [3.05, 3.63) is 47.8 Å². The van der Waals surface area contributed by atoms with E-state index in [9.17, 15) is 4.79 Å². The van der Waals surface area contributed by atoms with Crippen LogP contribution in [0.2, 0.25) is 9.91 Å². The fourth-order valence-electron chi connectivity index (χ4n) is 3.96. The summed E-state index contributed by atoms with van der Waals surface area (Å²) in [6.45, 7) is 1.93. The normalized spacial score (nSPS) is 22.1. The van der Waals surface area contributed by atoms with E-state index in [2.05, 4.69) is 39.1 Å². The Hall–Kier alpha value is -2.11. The number of anilines is 1. The first-order valence-corrected chi connectivity index (χ1v) is 12.8. The van der Waals surface area contributed by atoms with Gasteiger partial charge in [0, 0.05) is 0 Å². The molecule has 1 aromatic carbocycles. The molecule has 4 rings (SSSR count). The minimum atomic E-state index is -0.590. The number of methoxy groups -OCH3 is 1. The first-order valence-electron chi connectivity index (χ1n) is 10.1. The van der Waals surface area contributed by atoms with E-state index in [0.717, 1.165) is 35.4 Å². The maximum absolute atomic E-state index is 11.4. The van der Waals surface area contributed by atoms with Crippen LogP contribution in [0.25, 0.3) is 0 Å². The zero-order valence-corrected chi connectivity index (χ0v) is 18.6. The van der Waals surface area contributed by atoms with Crippen LogP contribution in [0.5, 0.6) is 5.75 Å². The SMILES string of the molecule is COc1ccc(C2CC2[AsH]CC2CCN(c3ncc(C(=O)NO)cn3)CC2)cc1. The molecule has 8 heteroatoms. The van der Waals surface area contributed by atoms with E-state index in [-0.39, 0.29) is 21.3 Å². The van der Waals surface area contributed by atoms with Gasteiger partial charge in [-0.2, -0.15) is 0 Å². The summed E-state index contributed by atoms with van der Waals surface area (Å²) in [5.41, 5.74) is 3.33. The van der Waals surface area contributed by atoms with Crippen molar-refractivity contribution < 1.29 is 14.7 Å². The first-order chi connectivity index (χ1) is 14.2. The zero-order chi connectivity index (χ0) is 20.2. The van der Waals surface area contributed by atoms with Crippen LogP contribution in [-0.2, 0) is 0 Å². The van der Waals surface area contributed by atoms with E-state index in [1.807, 2.05) is 0 Å². The predicted molar refractivity (Wildman–Crippen MR) is 112 cm³/mol. The number of aromatic nitrogens is 2. The molecule has 0 spiro atoms. The van der Waals surface area contributed by atoms with Gasteiger partial charge in [-0.05, 0) is 0 Å². The standard InChI is InChI=1S/C21H27AsN4O3/c1-29-17-4-2-15(3-5-17)18-10-19(18)22-11-14-6-8-26(9-7-14)21-23-12-16(13-24-21)20(27)25-28/h2-5,12-14,18-19,22,28H,6-11H2,1H3,(H,25,27). The molecule has 2 fully saturated rings. The quantitative estimate of drug-likeness (QED) is 0.377. The van der Waals surface area contributed by atoms with Gasteiger partial charge >= 0.3 is 177 Å². The number of carbonyl (C=O) groups is 1. The molecule has 2 aromatic rings. The number of hydrogen-bond donors (Lipinski definition) is 2. The number of piperidine rings is 1. The van der Waals surface area contributed by atoms with E-state index in [1.165, 1.54) is 42.4 Å². The van der Waals surface area contributed by atoms with Crippen molar-refractivity contribution in [2.24, 2.45) is 5.92 Å². The molecule has 0 radical (unpaired) electrons. The summed E-state index contributed by atoms with van der Waals surface area (Å²) < 4.78 is 6.21. The van der Waals surface area contributed by atoms with Crippen LogP contribution in [-0.4, -0.2) is 57.0 Å². The van der Waals surface area contributed by atoms with Gasteiger partial charge in [-0.1, -0.05) is 0 Å². The van der Waals surface area contributed by atoms with E-state index in [0.29, 0.717) is 5.95 Å². The summed E-state index contributed by atoms with van der Waals surface area (Å²) >= 11 is 0.0949. The average Bonchev–Trinajstić information content (AvgIpc) is 3.57. The molecule has 154 valence electrons. The van der Waals surface area contributed by atoms with Crippen LogP contribution >= 0.6 is 0 Å². The summed E-state index contributed by atoms with van der Waals surface area (Å²) in [6, 6.07) is 8.60. The minimum absolute atomic E-state index is 0.0949. The monoisotopic (exact) mass is 458 g/mol. The van der Waals surface area contributed by atoms with Gasteiger partial charge in [0.15, 0.2) is 0 Å². The number of nitrogens with zero attached hydrogens (tertiary/aromatic N) is 3. The molecule has 29 heavy (non-hydrogen) atoms. The molecule has 0 bridgehead atoms. The Kier molecular flexibility index (Phi) is 6.36. The third kappa shape index (κ3) is 4.90. The molecule has 1 saturated heterocycles. The molecule has 1 aliphatic carbocycles. The van der Waals surface area contributed by atoms with Crippen LogP contribution in [0.1, 0.15) is 41.1 Å². The third-order valence-electron chi connectivity index (χ3n) is 5.90. The van der Waals surface area contributed by atoms with Gasteiger partial charge in [0.2, 0.25) is 0 Å². The zero-order valence-electron chi connectivity index (χ0n) is 16.5. The summed E-state index contributed by atoms with van der Waals surface area (Å²) in [5, 5.41) is 10.1. The summed E-state index contributed by atoms with van der Waals surface area (Å²) in [4.78, 5) is 22.1. The van der Waals surface area contributed by atoms with Crippen molar-refractivity contribution in [3.63, 3.8) is 0 Å². The second-order valence-corrected chi connectivity index (χ2v) is 11.0. The molecule has 2 heterocycles. The van der Waals surface area contributed by atoms with Crippen molar-refractivity contribution in [2.45, 2.75) is 35.1 Å². The van der Waals surface area contributed by atoms with Gasteiger partial charge in [0.05, 0.1) is 0 Å².